The molecule has 11 nitrogen and oxygen atoms in total. The molecule has 0 unspecified atom stereocenters. The highest BCUT2D eigenvalue weighted by atomic mass is 16.1. The summed E-state index contributed by atoms with van der Waals surface area (Å²) < 4.78 is 4.50. The summed E-state index contributed by atoms with van der Waals surface area (Å²) in [6.07, 6.45) is 5.39. The van der Waals surface area contributed by atoms with Gasteiger partial charge >= 0.3 is 0 Å². The number of nitrogens with one attached hydrogen (secondary N) is 1. The number of rotatable bonds is 8. The SMILES string of the molecule is C=CCn1c(=O)c2cnc(Nc3ccc(N4CCC(C)(N(C)C)CC4)c(C)c3)nc2n1-c1ccc(=O)n(C(C)C)n1. The Labute approximate surface area is 239 Å². The molecule has 5 rings (SSSR count). The van der Waals surface area contributed by atoms with E-state index in [1.165, 1.54) is 32.9 Å². The zero-order valence-electron chi connectivity index (χ0n) is 24.8. The molecule has 4 aromatic rings. The van der Waals surface area contributed by atoms with Crippen molar-refractivity contribution in [2.45, 2.75) is 58.7 Å². The third-order valence-electron chi connectivity index (χ3n) is 8.21. The number of allylic oxidation sites excluding steroid dienone is 1. The smallest absolute Gasteiger partial charge is 0.278 e. The fourth-order valence-electron chi connectivity index (χ4n) is 5.40. The maximum absolute atomic E-state index is 13.3. The number of fused-ring (bicyclic) bond motifs is 1. The van der Waals surface area contributed by atoms with E-state index in [2.05, 4.69) is 71.9 Å². The number of nitrogens with zero attached hydrogens (tertiary/aromatic N) is 8. The number of hydrogen-bond donors (Lipinski definition) is 1. The highest BCUT2D eigenvalue weighted by molar-refractivity contribution is 5.77. The topological polar surface area (TPSA) is 106 Å². The van der Waals surface area contributed by atoms with Crippen LogP contribution in [0.2, 0.25) is 0 Å². The molecular weight excluding hydrogens is 518 g/mol. The summed E-state index contributed by atoms with van der Waals surface area (Å²) in [5.41, 5.74) is 3.39. The van der Waals surface area contributed by atoms with Gasteiger partial charge in [-0.15, -0.1) is 11.7 Å². The average molecular weight is 558 g/mol. The summed E-state index contributed by atoms with van der Waals surface area (Å²) in [6, 6.07) is 9.17. The lowest BCUT2D eigenvalue weighted by molar-refractivity contribution is 0.137. The van der Waals surface area contributed by atoms with Crippen LogP contribution in [0.5, 0.6) is 0 Å². The van der Waals surface area contributed by atoms with Crippen LogP contribution in [0.1, 0.15) is 45.2 Å². The van der Waals surface area contributed by atoms with Crippen LogP contribution in [0.25, 0.3) is 16.9 Å². The summed E-state index contributed by atoms with van der Waals surface area (Å²) in [6.45, 7) is 14.3. The predicted molar refractivity (Wildman–Crippen MR) is 164 cm³/mol. The van der Waals surface area contributed by atoms with Gasteiger partial charge in [0.25, 0.3) is 11.1 Å². The first kappa shape index (κ1) is 28.3. The van der Waals surface area contributed by atoms with Crippen molar-refractivity contribution in [3.8, 4) is 5.82 Å². The molecule has 0 aliphatic carbocycles. The fraction of sp³-hybridized carbons (Fsp3) is 0.433. The van der Waals surface area contributed by atoms with Crippen LogP contribution in [-0.2, 0) is 6.54 Å². The summed E-state index contributed by atoms with van der Waals surface area (Å²) in [5, 5.41) is 8.19. The third kappa shape index (κ3) is 5.29. The van der Waals surface area contributed by atoms with Gasteiger partial charge in [0.2, 0.25) is 5.95 Å². The monoisotopic (exact) mass is 557 g/mol. The van der Waals surface area contributed by atoms with Gasteiger partial charge in [-0.3, -0.25) is 9.59 Å². The van der Waals surface area contributed by atoms with E-state index in [9.17, 15) is 9.59 Å². The molecule has 3 aromatic heterocycles. The number of aryl methyl sites for hydroxylation is 1. The molecule has 4 heterocycles. The van der Waals surface area contributed by atoms with Crippen LogP contribution in [0.4, 0.5) is 17.3 Å². The molecule has 1 N–H and O–H groups in total. The van der Waals surface area contributed by atoms with Gasteiger partial charge in [-0.2, -0.15) is 4.98 Å². The zero-order valence-corrected chi connectivity index (χ0v) is 24.8. The Morgan fingerprint density at radius 2 is 1.88 bits per heavy atom. The van der Waals surface area contributed by atoms with Gasteiger partial charge < -0.3 is 15.1 Å². The second-order valence-electron chi connectivity index (χ2n) is 11.5. The standard InChI is InChI=1S/C30H39N9O2/c1-8-15-37-28(41)23-19-31-29(33-27(23)39(37)25-11-12-26(40)38(34-25)20(2)3)32-22-9-10-24(21(4)18-22)36-16-13-30(5,14-17-36)35(6)7/h8-12,18-20H,1,13-17H2,2-7H3,(H,31,32,33). The van der Waals surface area contributed by atoms with Gasteiger partial charge in [0.1, 0.15) is 5.39 Å². The van der Waals surface area contributed by atoms with Crippen LogP contribution in [0.15, 0.2) is 58.8 Å². The second-order valence-corrected chi connectivity index (χ2v) is 11.5. The number of hydrogen-bond acceptors (Lipinski definition) is 8. The van der Waals surface area contributed by atoms with Crippen molar-refractivity contribution in [3.05, 3.63) is 75.5 Å². The normalized spacial score (nSPS) is 15.2. The number of benzene rings is 1. The Morgan fingerprint density at radius 1 is 1.15 bits per heavy atom. The van der Waals surface area contributed by atoms with Crippen molar-refractivity contribution in [1.29, 1.82) is 0 Å². The lowest BCUT2D eigenvalue weighted by Crippen LogP contribution is -2.50. The average Bonchev–Trinajstić information content (AvgIpc) is 3.20. The van der Waals surface area contributed by atoms with Crippen molar-refractivity contribution >= 4 is 28.4 Å². The molecule has 1 saturated heterocycles. The maximum atomic E-state index is 13.3. The van der Waals surface area contributed by atoms with Crippen molar-refractivity contribution in [3.63, 3.8) is 0 Å². The minimum Gasteiger partial charge on any atom is -0.371 e. The van der Waals surface area contributed by atoms with Crippen molar-refractivity contribution in [2.75, 3.05) is 37.4 Å². The van der Waals surface area contributed by atoms with E-state index in [4.69, 9.17) is 4.98 Å². The van der Waals surface area contributed by atoms with E-state index in [0.29, 0.717) is 22.8 Å². The molecule has 41 heavy (non-hydrogen) atoms. The van der Waals surface area contributed by atoms with Gasteiger partial charge in [0.05, 0.1) is 12.6 Å². The lowest BCUT2D eigenvalue weighted by atomic mass is 9.88. The molecule has 0 atom stereocenters. The van der Waals surface area contributed by atoms with Crippen molar-refractivity contribution in [1.82, 2.24) is 34.0 Å². The second kappa shape index (κ2) is 11.0. The molecule has 0 saturated carbocycles. The Morgan fingerprint density at radius 3 is 2.51 bits per heavy atom. The van der Waals surface area contributed by atoms with Gasteiger partial charge in [-0.1, -0.05) is 6.08 Å². The maximum Gasteiger partial charge on any atom is 0.278 e. The van der Waals surface area contributed by atoms with Crippen LogP contribution < -0.4 is 21.3 Å². The summed E-state index contributed by atoms with van der Waals surface area (Å²) in [4.78, 5) is 39.6. The first-order chi connectivity index (χ1) is 19.5. The van der Waals surface area contributed by atoms with E-state index in [-0.39, 0.29) is 29.2 Å². The molecule has 1 aliphatic rings. The van der Waals surface area contributed by atoms with Gasteiger partial charge in [0, 0.05) is 42.3 Å². The molecule has 216 valence electrons. The quantitative estimate of drug-likeness (QED) is 0.326. The van der Waals surface area contributed by atoms with Crippen LogP contribution in [0.3, 0.4) is 0 Å². The van der Waals surface area contributed by atoms with Crippen molar-refractivity contribution < 1.29 is 0 Å². The number of piperidine rings is 1. The van der Waals surface area contributed by atoms with Crippen LogP contribution >= 0.6 is 0 Å². The van der Waals surface area contributed by atoms with E-state index in [0.717, 1.165) is 31.6 Å². The van der Waals surface area contributed by atoms with Gasteiger partial charge in [-0.05, 0) is 84.5 Å². The Bertz CT molecular complexity index is 1710. The Balaban J connectivity index is 1.47. The molecule has 0 radical (unpaired) electrons. The van der Waals surface area contributed by atoms with Crippen LogP contribution in [-0.4, -0.2) is 66.7 Å². The molecular formula is C30H39N9O2. The molecule has 1 aromatic carbocycles. The first-order valence-electron chi connectivity index (χ1n) is 14.0. The molecule has 0 spiro atoms. The minimum absolute atomic E-state index is 0.149. The zero-order chi connectivity index (χ0) is 29.5. The molecule has 11 heteroatoms. The lowest BCUT2D eigenvalue weighted by Gasteiger charge is -2.44. The molecule has 1 fully saturated rings. The van der Waals surface area contributed by atoms with E-state index < -0.39 is 0 Å². The molecule has 0 bridgehead atoms. The fourth-order valence-corrected chi connectivity index (χ4v) is 5.40. The minimum atomic E-state index is -0.261. The van der Waals surface area contributed by atoms with E-state index >= 15 is 0 Å². The Hall–Kier alpha value is -4.25. The first-order valence-corrected chi connectivity index (χ1v) is 14.0. The summed E-state index contributed by atoms with van der Waals surface area (Å²) in [5.74, 6) is 0.759. The highest BCUT2D eigenvalue weighted by Gasteiger charge is 2.32. The van der Waals surface area contributed by atoms with Crippen LogP contribution in [0, 0.1) is 6.92 Å². The molecule has 0 amide bonds. The molecule has 1 aliphatic heterocycles. The Kier molecular flexibility index (Phi) is 7.56. The number of anilines is 3. The number of aromatic nitrogens is 6. The third-order valence-corrected chi connectivity index (χ3v) is 8.21. The van der Waals surface area contributed by atoms with E-state index in [1.807, 2.05) is 19.9 Å². The van der Waals surface area contributed by atoms with Crippen molar-refractivity contribution in [2.24, 2.45) is 0 Å². The summed E-state index contributed by atoms with van der Waals surface area (Å²) >= 11 is 0. The van der Waals surface area contributed by atoms with Gasteiger partial charge in [-0.25, -0.2) is 19.0 Å². The van der Waals surface area contributed by atoms with E-state index in [1.54, 1.807) is 16.8 Å². The largest absolute Gasteiger partial charge is 0.371 e. The van der Waals surface area contributed by atoms with Gasteiger partial charge in [0.15, 0.2) is 11.5 Å². The highest BCUT2D eigenvalue weighted by Crippen LogP contribution is 2.32. The predicted octanol–water partition coefficient (Wildman–Crippen LogP) is 3.88. The summed E-state index contributed by atoms with van der Waals surface area (Å²) in [7, 11) is 4.32.